The highest BCUT2D eigenvalue weighted by atomic mass is 16.5. The van der Waals surface area contributed by atoms with E-state index in [1.807, 2.05) is 0 Å². The summed E-state index contributed by atoms with van der Waals surface area (Å²) in [6, 6.07) is 6.47. The van der Waals surface area contributed by atoms with Gasteiger partial charge in [-0.1, -0.05) is 44.9 Å². The van der Waals surface area contributed by atoms with Crippen LogP contribution in [0, 0.1) is 12.8 Å². The van der Waals surface area contributed by atoms with E-state index >= 15 is 0 Å². The molecule has 19 heavy (non-hydrogen) atoms. The largest absolute Gasteiger partial charge is 0.487 e. The first-order chi connectivity index (χ1) is 8.99. The number of hydrogen-bond donors (Lipinski definition) is 1. The molecule has 0 aliphatic carbocycles. The molecule has 3 unspecified atom stereocenters. The number of aryl methyl sites for hydroxylation is 1. The first-order valence-electron chi connectivity index (χ1n) is 7.55. The topological polar surface area (TPSA) is 35.2 Å². The molecule has 0 fully saturated rings. The van der Waals surface area contributed by atoms with Crippen LogP contribution in [0.15, 0.2) is 18.2 Å². The van der Waals surface area contributed by atoms with Crippen molar-refractivity contribution in [1.29, 1.82) is 0 Å². The van der Waals surface area contributed by atoms with Crippen molar-refractivity contribution in [2.45, 2.75) is 65.0 Å². The van der Waals surface area contributed by atoms with E-state index in [0.29, 0.717) is 5.92 Å². The Morgan fingerprint density at radius 1 is 1.42 bits per heavy atom. The molecule has 3 atom stereocenters. The van der Waals surface area contributed by atoms with Crippen LogP contribution in [-0.4, -0.2) is 5.60 Å². The highest BCUT2D eigenvalue weighted by molar-refractivity contribution is 5.41. The summed E-state index contributed by atoms with van der Waals surface area (Å²) < 4.78 is 6.39. The van der Waals surface area contributed by atoms with Gasteiger partial charge >= 0.3 is 0 Å². The monoisotopic (exact) mass is 261 g/mol. The van der Waals surface area contributed by atoms with Gasteiger partial charge in [0.1, 0.15) is 11.4 Å². The van der Waals surface area contributed by atoms with Crippen molar-refractivity contribution in [3.63, 3.8) is 0 Å². The van der Waals surface area contributed by atoms with Crippen LogP contribution < -0.4 is 10.5 Å². The van der Waals surface area contributed by atoms with E-state index in [0.717, 1.165) is 25.0 Å². The number of benzene rings is 1. The van der Waals surface area contributed by atoms with Gasteiger partial charge in [-0.15, -0.1) is 0 Å². The lowest BCUT2D eigenvalue weighted by molar-refractivity contribution is 0.0104. The van der Waals surface area contributed by atoms with E-state index in [-0.39, 0.29) is 11.6 Å². The molecule has 0 spiro atoms. The van der Waals surface area contributed by atoms with Crippen molar-refractivity contribution >= 4 is 0 Å². The number of rotatable bonds is 4. The van der Waals surface area contributed by atoms with E-state index in [2.05, 4.69) is 45.9 Å². The molecule has 2 heteroatoms. The average Bonchev–Trinajstić information content (AvgIpc) is 2.39. The van der Waals surface area contributed by atoms with Gasteiger partial charge in [-0.25, -0.2) is 0 Å². The van der Waals surface area contributed by atoms with E-state index in [9.17, 15) is 0 Å². The maximum absolute atomic E-state index is 6.40. The molecular formula is C17H27NO. The van der Waals surface area contributed by atoms with Gasteiger partial charge in [-0.3, -0.25) is 0 Å². The summed E-state index contributed by atoms with van der Waals surface area (Å²) in [6.45, 7) is 8.87. The second-order valence-electron chi connectivity index (χ2n) is 6.21. The van der Waals surface area contributed by atoms with E-state index in [1.165, 1.54) is 17.5 Å². The summed E-state index contributed by atoms with van der Waals surface area (Å²) in [6.07, 6.45) is 4.25. The Hall–Kier alpha value is -1.02. The molecule has 0 bridgehead atoms. The fourth-order valence-electron chi connectivity index (χ4n) is 3.10. The van der Waals surface area contributed by atoms with Crippen molar-refractivity contribution < 1.29 is 4.74 Å². The molecule has 1 aliphatic rings. The maximum Gasteiger partial charge on any atom is 0.124 e. The predicted molar refractivity (Wildman–Crippen MR) is 80.4 cm³/mol. The molecule has 0 saturated carbocycles. The fourth-order valence-corrected chi connectivity index (χ4v) is 3.10. The summed E-state index contributed by atoms with van der Waals surface area (Å²) >= 11 is 0. The normalized spacial score (nSPS) is 27.5. The Kier molecular flexibility index (Phi) is 4.19. The van der Waals surface area contributed by atoms with Gasteiger partial charge in [0.2, 0.25) is 0 Å². The Labute approximate surface area is 117 Å². The molecule has 1 aromatic rings. The lowest BCUT2D eigenvalue weighted by Gasteiger charge is -2.42. The van der Waals surface area contributed by atoms with Crippen LogP contribution in [0.25, 0.3) is 0 Å². The molecule has 2 nitrogen and oxygen atoms in total. The van der Waals surface area contributed by atoms with Gasteiger partial charge < -0.3 is 10.5 Å². The lowest BCUT2D eigenvalue weighted by Crippen LogP contribution is -2.43. The molecule has 1 aromatic carbocycles. The van der Waals surface area contributed by atoms with Gasteiger partial charge in [-0.2, -0.15) is 0 Å². The Morgan fingerprint density at radius 2 is 2.16 bits per heavy atom. The number of ether oxygens (including phenoxy) is 1. The Balaban J connectivity index is 2.29. The van der Waals surface area contributed by atoms with Crippen LogP contribution in [0.5, 0.6) is 5.75 Å². The lowest BCUT2D eigenvalue weighted by atomic mass is 9.79. The molecule has 2 rings (SSSR count). The second kappa shape index (κ2) is 5.54. The zero-order valence-electron chi connectivity index (χ0n) is 12.7. The third kappa shape index (κ3) is 2.94. The van der Waals surface area contributed by atoms with Crippen molar-refractivity contribution in [1.82, 2.24) is 0 Å². The van der Waals surface area contributed by atoms with Gasteiger partial charge in [-0.05, 0) is 31.7 Å². The minimum Gasteiger partial charge on any atom is -0.487 e. The molecule has 0 saturated heterocycles. The minimum absolute atomic E-state index is 0.0723. The third-order valence-corrected chi connectivity index (χ3v) is 4.54. The van der Waals surface area contributed by atoms with Crippen LogP contribution in [0.3, 0.4) is 0 Å². The summed E-state index contributed by atoms with van der Waals surface area (Å²) in [5.74, 6) is 1.67. The summed E-state index contributed by atoms with van der Waals surface area (Å²) in [5, 5.41) is 0. The molecular weight excluding hydrogens is 234 g/mol. The third-order valence-electron chi connectivity index (χ3n) is 4.54. The second-order valence-corrected chi connectivity index (χ2v) is 6.21. The summed E-state index contributed by atoms with van der Waals surface area (Å²) in [4.78, 5) is 0. The highest BCUT2D eigenvalue weighted by Gasteiger charge is 2.39. The van der Waals surface area contributed by atoms with Crippen LogP contribution in [-0.2, 0) is 0 Å². The van der Waals surface area contributed by atoms with Crippen molar-refractivity contribution in [2.75, 3.05) is 0 Å². The maximum atomic E-state index is 6.40. The number of fused-ring (bicyclic) bond motifs is 1. The minimum atomic E-state index is -0.0723. The van der Waals surface area contributed by atoms with Gasteiger partial charge in [0, 0.05) is 18.0 Å². The molecule has 0 radical (unpaired) electrons. The smallest absolute Gasteiger partial charge is 0.124 e. The van der Waals surface area contributed by atoms with Gasteiger partial charge in [0.05, 0.1) is 0 Å². The van der Waals surface area contributed by atoms with E-state index in [1.54, 1.807) is 0 Å². The number of hydrogen-bond acceptors (Lipinski definition) is 2. The molecule has 2 N–H and O–H groups in total. The van der Waals surface area contributed by atoms with Gasteiger partial charge in [0.15, 0.2) is 0 Å². The van der Waals surface area contributed by atoms with Crippen molar-refractivity contribution in [3.05, 3.63) is 29.3 Å². The van der Waals surface area contributed by atoms with E-state index < -0.39 is 0 Å². The van der Waals surface area contributed by atoms with Crippen LogP contribution >= 0.6 is 0 Å². The molecule has 0 amide bonds. The Morgan fingerprint density at radius 3 is 2.79 bits per heavy atom. The first-order valence-corrected chi connectivity index (χ1v) is 7.55. The first kappa shape index (κ1) is 14.4. The SMILES string of the molecule is CCC(C)CC1(CC)CC(N)c2cc(C)ccc2O1. The van der Waals surface area contributed by atoms with Gasteiger partial charge in [0.25, 0.3) is 0 Å². The van der Waals surface area contributed by atoms with Crippen molar-refractivity contribution in [2.24, 2.45) is 11.7 Å². The van der Waals surface area contributed by atoms with Crippen LogP contribution in [0.2, 0.25) is 0 Å². The van der Waals surface area contributed by atoms with Crippen LogP contribution in [0.1, 0.15) is 63.6 Å². The number of nitrogens with two attached hydrogens (primary N) is 1. The predicted octanol–water partition coefficient (Wildman–Crippen LogP) is 4.36. The Bertz CT molecular complexity index is 443. The molecule has 106 valence electrons. The zero-order chi connectivity index (χ0) is 14.0. The van der Waals surface area contributed by atoms with Crippen LogP contribution in [0.4, 0.5) is 0 Å². The average molecular weight is 261 g/mol. The zero-order valence-corrected chi connectivity index (χ0v) is 12.7. The highest BCUT2D eigenvalue weighted by Crippen LogP contribution is 2.43. The quantitative estimate of drug-likeness (QED) is 0.874. The molecule has 1 heterocycles. The van der Waals surface area contributed by atoms with E-state index in [4.69, 9.17) is 10.5 Å². The standard InChI is InChI=1S/C17H27NO/c1-5-12(3)10-17(6-2)11-15(18)14-9-13(4)7-8-16(14)19-17/h7-9,12,15H,5-6,10-11,18H2,1-4H3. The molecule has 1 aliphatic heterocycles. The summed E-state index contributed by atoms with van der Waals surface area (Å²) in [7, 11) is 0. The summed E-state index contributed by atoms with van der Waals surface area (Å²) in [5.41, 5.74) is 8.76. The molecule has 0 aromatic heterocycles. The van der Waals surface area contributed by atoms with Crippen molar-refractivity contribution in [3.8, 4) is 5.75 Å². The fraction of sp³-hybridized carbons (Fsp3) is 0.647.